The lowest BCUT2D eigenvalue weighted by Crippen LogP contribution is -2.34. The monoisotopic (exact) mass is 315 g/mol. The lowest BCUT2D eigenvalue weighted by atomic mass is 10.0. The SMILES string of the molecule is CC(O)(CNCc1ccc(OC(F)F)c(F)c1)c1ccco1. The Kier molecular flexibility index (Phi) is 5.10. The van der Waals surface area contributed by atoms with Gasteiger partial charge in [-0.2, -0.15) is 8.78 Å². The quantitative estimate of drug-likeness (QED) is 0.825. The average Bonchev–Trinajstić information content (AvgIpc) is 2.96. The van der Waals surface area contributed by atoms with E-state index < -0.39 is 23.8 Å². The first-order chi connectivity index (χ1) is 10.4. The predicted molar refractivity (Wildman–Crippen MR) is 73.0 cm³/mol. The van der Waals surface area contributed by atoms with Gasteiger partial charge in [0.15, 0.2) is 11.6 Å². The maximum absolute atomic E-state index is 13.5. The Hall–Kier alpha value is -1.99. The van der Waals surface area contributed by atoms with E-state index in [1.54, 1.807) is 19.1 Å². The van der Waals surface area contributed by atoms with Crippen LogP contribution in [0.15, 0.2) is 41.0 Å². The van der Waals surface area contributed by atoms with Gasteiger partial charge < -0.3 is 19.6 Å². The summed E-state index contributed by atoms with van der Waals surface area (Å²) in [5.41, 5.74) is -0.671. The third kappa shape index (κ3) is 4.25. The van der Waals surface area contributed by atoms with Gasteiger partial charge in [-0.05, 0) is 36.8 Å². The van der Waals surface area contributed by atoms with Crippen LogP contribution in [0.4, 0.5) is 13.2 Å². The van der Waals surface area contributed by atoms with Gasteiger partial charge in [0.05, 0.1) is 6.26 Å². The van der Waals surface area contributed by atoms with Gasteiger partial charge in [-0.3, -0.25) is 0 Å². The Morgan fingerprint density at radius 2 is 2.14 bits per heavy atom. The molecule has 4 nitrogen and oxygen atoms in total. The predicted octanol–water partition coefficient (Wildman–Crippen LogP) is 3.02. The molecule has 1 heterocycles. The Labute approximate surface area is 125 Å². The molecule has 22 heavy (non-hydrogen) atoms. The van der Waals surface area contributed by atoms with E-state index in [2.05, 4.69) is 10.1 Å². The minimum atomic E-state index is -3.07. The highest BCUT2D eigenvalue weighted by Crippen LogP contribution is 2.22. The first-order valence-corrected chi connectivity index (χ1v) is 6.59. The summed E-state index contributed by atoms with van der Waals surface area (Å²) < 4.78 is 46.8. The zero-order valence-corrected chi connectivity index (χ0v) is 11.9. The Balaban J connectivity index is 1.91. The van der Waals surface area contributed by atoms with Crippen LogP contribution in [0, 0.1) is 5.82 Å². The van der Waals surface area contributed by atoms with Crippen molar-refractivity contribution in [1.82, 2.24) is 5.32 Å². The summed E-state index contributed by atoms with van der Waals surface area (Å²) in [5.74, 6) is -0.953. The van der Waals surface area contributed by atoms with Crippen molar-refractivity contribution >= 4 is 0 Å². The van der Waals surface area contributed by atoms with E-state index in [9.17, 15) is 18.3 Å². The normalized spacial score (nSPS) is 14.1. The molecule has 0 radical (unpaired) electrons. The highest BCUT2D eigenvalue weighted by molar-refractivity contribution is 5.29. The standard InChI is InChI=1S/C15H16F3NO3/c1-15(20,13-3-2-6-21-13)9-19-8-10-4-5-12(11(16)7-10)22-14(17)18/h2-7,14,19-20H,8-9H2,1H3. The number of benzene rings is 1. The molecule has 1 atom stereocenters. The van der Waals surface area contributed by atoms with Crippen LogP contribution in [-0.2, 0) is 12.1 Å². The van der Waals surface area contributed by atoms with Gasteiger partial charge in [0.25, 0.3) is 0 Å². The summed E-state index contributed by atoms with van der Waals surface area (Å²) in [6.45, 7) is -1.05. The molecule has 2 rings (SSSR count). The molecular formula is C15H16F3NO3. The smallest absolute Gasteiger partial charge is 0.387 e. The van der Waals surface area contributed by atoms with Crippen LogP contribution in [-0.4, -0.2) is 18.3 Å². The van der Waals surface area contributed by atoms with Gasteiger partial charge in [0, 0.05) is 13.1 Å². The molecule has 0 saturated carbocycles. The van der Waals surface area contributed by atoms with Crippen molar-refractivity contribution in [1.29, 1.82) is 0 Å². The molecule has 0 aliphatic rings. The minimum Gasteiger partial charge on any atom is -0.466 e. The number of aliphatic hydroxyl groups is 1. The van der Waals surface area contributed by atoms with Crippen LogP contribution < -0.4 is 10.1 Å². The largest absolute Gasteiger partial charge is 0.466 e. The summed E-state index contributed by atoms with van der Waals surface area (Å²) in [6, 6.07) is 7.03. The Bertz CT molecular complexity index is 600. The molecule has 1 unspecified atom stereocenters. The van der Waals surface area contributed by atoms with Gasteiger partial charge in [-0.15, -0.1) is 0 Å². The van der Waals surface area contributed by atoms with Crippen LogP contribution in [0.2, 0.25) is 0 Å². The van der Waals surface area contributed by atoms with E-state index in [1.165, 1.54) is 12.3 Å². The van der Waals surface area contributed by atoms with Crippen molar-refractivity contribution in [2.75, 3.05) is 6.54 Å². The molecule has 0 spiro atoms. The van der Waals surface area contributed by atoms with E-state index in [0.717, 1.165) is 12.1 Å². The minimum absolute atomic E-state index is 0.178. The first kappa shape index (κ1) is 16.4. The van der Waals surface area contributed by atoms with E-state index in [1.807, 2.05) is 0 Å². The number of hydrogen-bond acceptors (Lipinski definition) is 4. The third-order valence-electron chi connectivity index (χ3n) is 3.06. The van der Waals surface area contributed by atoms with E-state index >= 15 is 0 Å². The molecule has 7 heteroatoms. The zero-order chi connectivity index (χ0) is 16.2. The Morgan fingerprint density at radius 3 is 2.73 bits per heavy atom. The number of furan rings is 1. The van der Waals surface area contributed by atoms with Gasteiger partial charge in [-0.25, -0.2) is 4.39 Å². The van der Waals surface area contributed by atoms with Crippen LogP contribution in [0.1, 0.15) is 18.2 Å². The molecule has 0 bridgehead atoms. The molecule has 0 fully saturated rings. The molecule has 1 aromatic heterocycles. The number of nitrogens with one attached hydrogen (secondary N) is 1. The van der Waals surface area contributed by atoms with Crippen LogP contribution in [0.25, 0.3) is 0 Å². The highest BCUT2D eigenvalue weighted by Gasteiger charge is 2.25. The maximum Gasteiger partial charge on any atom is 0.387 e. The number of alkyl halides is 2. The molecule has 0 saturated heterocycles. The summed E-state index contributed by atoms with van der Waals surface area (Å²) in [7, 11) is 0. The van der Waals surface area contributed by atoms with Gasteiger partial charge in [-0.1, -0.05) is 6.07 Å². The summed E-state index contributed by atoms with van der Waals surface area (Å²) in [5, 5.41) is 13.2. The average molecular weight is 315 g/mol. The third-order valence-corrected chi connectivity index (χ3v) is 3.06. The number of hydrogen-bond donors (Lipinski definition) is 2. The van der Waals surface area contributed by atoms with Crippen molar-refractivity contribution < 1.29 is 27.4 Å². The molecule has 0 aliphatic carbocycles. The fourth-order valence-electron chi connectivity index (χ4n) is 1.97. The van der Waals surface area contributed by atoms with Gasteiger partial charge in [0.1, 0.15) is 11.4 Å². The van der Waals surface area contributed by atoms with Crippen molar-refractivity contribution in [2.45, 2.75) is 25.7 Å². The summed E-state index contributed by atoms with van der Waals surface area (Å²) >= 11 is 0. The second-order valence-corrected chi connectivity index (χ2v) is 5.00. The molecular weight excluding hydrogens is 299 g/mol. The van der Waals surface area contributed by atoms with Gasteiger partial charge >= 0.3 is 6.61 Å². The summed E-state index contributed by atoms with van der Waals surface area (Å²) in [4.78, 5) is 0. The van der Waals surface area contributed by atoms with Crippen LogP contribution in [0.5, 0.6) is 5.75 Å². The van der Waals surface area contributed by atoms with Crippen LogP contribution >= 0.6 is 0 Å². The fourth-order valence-corrected chi connectivity index (χ4v) is 1.97. The number of halogens is 3. The highest BCUT2D eigenvalue weighted by atomic mass is 19.3. The molecule has 2 N–H and O–H groups in total. The van der Waals surface area contributed by atoms with Crippen molar-refractivity contribution in [3.05, 3.63) is 53.7 Å². The Morgan fingerprint density at radius 1 is 1.36 bits per heavy atom. The summed E-state index contributed by atoms with van der Waals surface area (Å²) in [6.07, 6.45) is 1.46. The fraction of sp³-hybridized carbons (Fsp3) is 0.333. The molecule has 2 aromatic rings. The second-order valence-electron chi connectivity index (χ2n) is 5.00. The van der Waals surface area contributed by atoms with Gasteiger partial charge in [0.2, 0.25) is 0 Å². The topological polar surface area (TPSA) is 54.6 Å². The lowest BCUT2D eigenvalue weighted by Gasteiger charge is -2.21. The van der Waals surface area contributed by atoms with E-state index in [-0.39, 0.29) is 13.1 Å². The van der Waals surface area contributed by atoms with Crippen molar-refractivity contribution in [2.24, 2.45) is 0 Å². The molecule has 120 valence electrons. The number of rotatable bonds is 7. The second kappa shape index (κ2) is 6.85. The van der Waals surface area contributed by atoms with E-state index in [4.69, 9.17) is 4.42 Å². The lowest BCUT2D eigenvalue weighted by molar-refractivity contribution is -0.0522. The van der Waals surface area contributed by atoms with Crippen LogP contribution in [0.3, 0.4) is 0 Å². The number of ether oxygens (including phenoxy) is 1. The molecule has 1 aromatic carbocycles. The molecule has 0 amide bonds. The van der Waals surface area contributed by atoms with E-state index in [0.29, 0.717) is 11.3 Å². The first-order valence-electron chi connectivity index (χ1n) is 6.59. The zero-order valence-electron chi connectivity index (χ0n) is 11.9. The maximum atomic E-state index is 13.5. The molecule has 0 aliphatic heterocycles. The van der Waals surface area contributed by atoms with Crippen molar-refractivity contribution in [3.8, 4) is 5.75 Å². The van der Waals surface area contributed by atoms with Crippen molar-refractivity contribution in [3.63, 3.8) is 0 Å².